The largest absolute Gasteiger partial charge is 0.388 e. The van der Waals surface area contributed by atoms with Crippen LogP contribution in [0.1, 0.15) is 12.5 Å². The highest BCUT2D eigenvalue weighted by Gasteiger charge is 2.33. The lowest BCUT2D eigenvalue weighted by molar-refractivity contribution is 0.1000. The summed E-state index contributed by atoms with van der Waals surface area (Å²) in [5, 5.41) is 12.9. The maximum atomic E-state index is 12.7. The molecule has 1 aromatic carbocycles. The molecule has 0 radical (unpaired) electrons. The first-order chi connectivity index (χ1) is 11.6. The Hall–Kier alpha value is -2.31. The van der Waals surface area contributed by atoms with Gasteiger partial charge in [0.05, 0.1) is 25.4 Å². The van der Waals surface area contributed by atoms with Gasteiger partial charge in [0.25, 0.3) is 0 Å². The lowest BCUT2D eigenvalue weighted by Gasteiger charge is -2.29. The van der Waals surface area contributed by atoms with Crippen molar-refractivity contribution in [1.29, 1.82) is 0 Å². The summed E-state index contributed by atoms with van der Waals surface area (Å²) in [5.41, 5.74) is 2.77. The third-order valence-electron chi connectivity index (χ3n) is 4.45. The zero-order chi connectivity index (χ0) is 17.1. The van der Waals surface area contributed by atoms with Crippen LogP contribution in [0.25, 0.3) is 5.69 Å². The Morgan fingerprint density at radius 2 is 2.08 bits per heavy atom. The van der Waals surface area contributed by atoms with E-state index in [0.29, 0.717) is 13.2 Å². The fourth-order valence-electron chi connectivity index (χ4n) is 3.08. The molecule has 2 heterocycles. The maximum absolute atomic E-state index is 12.7. The molecule has 1 aliphatic heterocycles. The molecule has 6 nitrogen and oxygen atoms in total. The number of aliphatic hydroxyl groups excluding tert-OH is 1. The number of benzene rings is 1. The summed E-state index contributed by atoms with van der Waals surface area (Å²) in [7, 11) is 0. The highest BCUT2D eigenvalue weighted by atomic mass is 16.5. The van der Waals surface area contributed by atoms with E-state index < -0.39 is 6.10 Å². The number of hydrogen-bond acceptors (Lipinski definition) is 3. The lowest BCUT2D eigenvalue weighted by atomic mass is 10.1. The molecule has 2 amide bonds. The summed E-state index contributed by atoms with van der Waals surface area (Å²) in [6, 6.07) is 9.22. The van der Waals surface area contributed by atoms with E-state index in [1.165, 1.54) is 0 Å². The minimum atomic E-state index is -0.636. The normalized spacial score (nSPS) is 20.1. The Bertz CT molecular complexity index is 700. The molecule has 1 fully saturated rings. The van der Waals surface area contributed by atoms with Crippen molar-refractivity contribution in [3.05, 3.63) is 48.3 Å². The van der Waals surface area contributed by atoms with Gasteiger partial charge in [0.2, 0.25) is 0 Å². The SMILES string of the molecule is CCN(C(=O)Nc1cccc(-n2cccc2)c1C)[C@H]1COC[C@@H]1O. The second kappa shape index (κ2) is 7.07. The van der Waals surface area contributed by atoms with Gasteiger partial charge < -0.3 is 24.6 Å². The molecule has 2 atom stereocenters. The predicted octanol–water partition coefficient (Wildman–Crippen LogP) is 2.40. The van der Waals surface area contributed by atoms with E-state index in [4.69, 9.17) is 4.74 Å². The van der Waals surface area contributed by atoms with E-state index in [0.717, 1.165) is 16.9 Å². The number of carbonyl (C=O) groups excluding carboxylic acids is 1. The van der Waals surface area contributed by atoms with Crippen molar-refractivity contribution in [3.8, 4) is 5.69 Å². The summed E-state index contributed by atoms with van der Waals surface area (Å²) in [5.74, 6) is 0. The van der Waals surface area contributed by atoms with Gasteiger partial charge in [-0.15, -0.1) is 0 Å². The monoisotopic (exact) mass is 329 g/mol. The summed E-state index contributed by atoms with van der Waals surface area (Å²) < 4.78 is 7.28. The molecular formula is C18H23N3O3. The Labute approximate surface area is 141 Å². The smallest absolute Gasteiger partial charge is 0.322 e. The molecule has 0 saturated carbocycles. The fourth-order valence-corrected chi connectivity index (χ4v) is 3.08. The molecule has 6 heteroatoms. The highest BCUT2D eigenvalue weighted by Crippen LogP contribution is 2.23. The number of ether oxygens (including phenoxy) is 1. The van der Waals surface area contributed by atoms with Crippen molar-refractivity contribution < 1.29 is 14.6 Å². The van der Waals surface area contributed by atoms with E-state index >= 15 is 0 Å². The first kappa shape index (κ1) is 16.5. The molecular weight excluding hydrogens is 306 g/mol. The van der Waals surface area contributed by atoms with Gasteiger partial charge in [-0.1, -0.05) is 6.07 Å². The molecule has 2 aromatic rings. The Morgan fingerprint density at radius 1 is 1.33 bits per heavy atom. The minimum absolute atomic E-state index is 0.222. The number of amides is 2. The third kappa shape index (κ3) is 3.16. The van der Waals surface area contributed by atoms with Crippen molar-refractivity contribution in [2.75, 3.05) is 25.1 Å². The molecule has 1 aromatic heterocycles. The van der Waals surface area contributed by atoms with Crippen LogP contribution in [0.4, 0.5) is 10.5 Å². The van der Waals surface area contributed by atoms with Crippen LogP contribution in [0.3, 0.4) is 0 Å². The van der Waals surface area contributed by atoms with Gasteiger partial charge in [0.15, 0.2) is 0 Å². The number of likely N-dealkylation sites (N-methyl/N-ethyl adjacent to an activating group) is 1. The summed E-state index contributed by atoms with van der Waals surface area (Å²) in [6.45, 7) is 5.02. The van der Waals surface area contributed by atoms with Crippen molar-refractivity contribution in [1.82, 2.24) is 9.47 Å². The van der Waals surface area contributed by atoms with Gasteiger partial charge in [-0.25, -0.2) is 4.79 Å². The summed E-state index contributed by atoms with van der Waals surface area (Å²) in [4.78, 5) is 14.3. The number of hydrogen-bond donors (Lipinski definition) is 2. The second-order valence-electron chi connectivity index (χ2n) is 5.93. The fraction of sp³-hybridized carbons (Fsp3) is 0.389. The lowest BCUT2D eigenvalue weighted by Crippen LogP contribution is -2.48. The zero-order valence-corrected chi connectivity index (χ0v) is 14.0. The molecule has 3 rings (SSSR count). The second-order valence-corrected chi connectivity index (χ2v) is 5.93. The first-order valence-electron chi connectivity index (χ1n) is 8.18. The van der Waals surface area contributed by atoms with Crippen molar-refractivity contribution in [2.45, 2.75) is 26.0 Å². The molecule has 0 unspecified atom stereocenters. The van der Waals surface area contributed by atoms with Crippen LogP contribution in [0, 0.1) is 6.92 Å². The Kier molecular flexibility index (Phi) is 4.87. The molecule has 128 valence electrons. The van der Waals surface area contributed by atoms with Gasteiger partial charge in [-0.3, -0.25) is 0 Å². The van der Waals surface area contributed by atoms with Crippen molar-refractivity contribution in [2.24, 2.45) is 0 Å². The quantitative estimate of drug-likeness (QED) is 0.905. The molecule has 24 heavy (non-hydrogen) atoms. The van der Waals surface area contributed by atoms with E-state index in [9.17, 15) is 9.90 Å². The number of anilines is 1. The average Bonchev–Trinajstić information content (AvgIpc) is 3.23. The number of rotatable bonds is 4. The van der Waals surface area contributed by atoms with Gasteiger partial charge in [0, 0.05) is 30.3 Å². The number of carbonyl (C=O) groups is 1. The van der Waals surface area contributed by atoms with Crippen LogP contribution in [-0.4, -0.2) is 52.5 Å². The van der Waals surface area contributed by atoms with Gasteiger partial charge in [0.1, 0.15) is 0 Å². The molecule has 1 saturated heterocycles. The van der Waals surface area contributed by atoms with Crippen LogP contribution in [-0.2, 0) is 4.74 Å². The number of nitrogens with one attached hydrogen (secondary N) is 1. The maximum Gasteiger partial charge on any atom is 0.322 e. The third-order valence-corrected chi connectivity index (χ3v) is 4.45. The van der Waals surface area contributed by atoms with Crippen LogP contribution < -0.4 is 5.32 Å². The topological polar surface area (TPSA) is 66.7 Å². The minimum Gasteiger partial charge on any atom is -0.388 e. The number of aromatic nitrogens is 1. The van der Waals surface area contributed by atoms with Crippen LogP contribution in [0.15, 0.2) is 42.7 Å². The van der Waals surface area contributed by atoms with E-state index in [2.05, 4.69) is 5.32 Å². The van der Waals surface area contributed by atoms with E-state index in [1.807, 2.05) is 61.1 Å². The molecule has 0 aliphatic carbocycles. The van der Waals surface area contributed by atoms with Crippen molar-refractivity contribution >= 4 is 11.7 Å². The molecule has 1 aliphatic rings. The van der Waals surface area contributed by atoms with Crippen molar-refractivity contribution in [3.63, 3.8) is 0 Å². The predicted molar refractivity (Wildman–Crippen MR) is 92.5 cm³/mol. The highest BCUT2D eigenvalue weighted by molar-refractivity contribution is 5.91. The van der Waals surface area contributed by atoms with Crippen LogP contribution in [0.2, 0.25) is 0 Å². The first-order valence-corrected chi connectivity index (χ1v) is 8.18. The Morgan fingerprint density at radius 3 is 2.71 bits per heavy atom. The van der Waals surface area contributed by atoms with E-state index in [1.54, 1.807) is 4.90 Å². The Balaban J connectivity index is 1.80. The average molecular weight is 329 g/mol. The number of urea groups is 1. The molecule has 2 N–H and O–H groups in total. The van der Waals surface area contributed by atoms with Gasteiger partial charge in [-0.05, 0) is 43.7 Å². The van der Waals surface area contributed by atoms with Crippen LogP contribution >= 0.6 is 0 Å². The van der Waals surface area contributed by atoms with E-state index in [-0.39, 0.29) is 18.7 Å². The zero-order valence-electron chi connectivity index (χ0n) is 14.0. The summed E-state index contributed by atoms with van der Waals surface area (Å²) in [6.07, 6.45) is 3.31. The molecule has 0 spiro atoms. The number of nitrogens with zero attached hydrogens (tertiary/aromatic N) is 2. The molecule has 0 bridgehead atoms. The van der Waals surface area contributed by atoms with Crippen LogP contribution in [0.5, 0.6) is 0 Å². The number of aliphatic hydroxyl groups is 1. The standard InChI is InChI=1S/C18H23N3O3/c1-3-21(16-11-24-12-17(16)22)18(23)19-14-7-6-8-15(13(14)2)20-9-4-5-10-20/h4-10,16-17,22H,3,11-12H2,1-2H3,(H,19,23)/t16-,17-/m0/s1. The summed E-state index contributed by atoms with van der Waals surface area (Å²) >= 11 is 0. The van der Waals surface area contributed by atoms with Gasteiger partial charge in [-0.2, -0.15) is 0 Å². The van der Waals surface area contributed by atoms with Gasteiger partial charge >= 0.3 is 6.03 Å².